The summed E-state index contributed by atoms with van der Waals surface area (Å²) in [4.78, 5) is 0. The highest BCUT2D eigenvalue weighted by atomic mass is 16.6. The maximum Gasteiger partial charge on any atom is 0.104 e. The Labute approximate surface area is 432 Å². The van der Waals surface area contributed by atoms with Gasteiger partial charge in [-0.1, -0.05) is 0 Å². The van der Waals surface area contributed by atoms with Crippen LogP contribution in [0, 0.1) is 47.3 Å². The Balaban J connectivity index is 0.758. The van der Waals surface area contributed by atoms with Crippen molar-refractivity contribution in [3.63, 3.8) is 0 Å². The van der Waals surface area contributed by atoms with Crippen molar-refractivity contribution in [3.8, 4) is 0 Å². The van der Waals surface area contributed by atoms with Gasteiger partial charge in [-0.05, 0) is 156 Å². The lowest BCUT2D eigenvalue weighted by molar-refractivity contribution is -0.132. The van der Waals surface area contributed by atoms with Crippen LogP contribution in [0.5, 0.6) is 0 Å². The van der Waals surface area contributed by atoms with Crippen molar-refractivity contribution < 1.29 is 76.2 Å². The highest BCUT2D eigenvalue weighted by Crippen LogP contribution is 2.33. The van der Waals surface area contributed by atoms with Crippen LogP contribution >= 0.6 is 0 Å². The van der Waals surface area contributed by atoms with Gasteiger partial charge in [-0.25, -0.2) is 0 Å². The zero-order chi connectivity index (χ0) is 49.3. The van der Waals surface area contributed by atoms with Crippen LogP contribution in [0.2, 0.25) is 0 Å². The van der Waals surface area contributed by atoms with E-state index in [2.05, 4.69) is 0 Å². The van der Waals surface area contributed by atoms with E-state index in [4.69, 9.17) is 71.1 Å². The normalized spacial score (nSPS) is 33.6. The largest absolute Gasteiger partial charge is 0.394 e. The molecule has 4 heterocycles. The molecule has 8 fully saturated rings. The van der Waals surface area contributed by atoms with Crippen LogP contribution < -0.4 is 0 Å². The fraction of sp³-hybridized carbons (Fsp3) is 1.00. The van der Waals surface area contributed by atoms with Crippen molar-refractivity contribution in [2.45, 2.75) is 152 Å². The van der Waals surface area contributed by atoms with Gasteiger partial charge in [-0.3, -0.25) is 0 Å². The minimum Gasteiger partial charge on any atom is -0.394 e. The molecule has 0 aromatic heterocycles. The third-order valence-electron chi connectivity index (χ3n) is 16.5. The second-order valence-corrected chi connectivity index (χ2v) is 23.1. The smallest absolute Gasteiger partial charge is 0.104 e. The second-order valence-electron chi connectivity index (χ2n) is 23.1. The van der Waals surface area contributed by atoms with E-state index in [0.29, 0.717) is 125 Å². The molecule has 0 bridgehead atoms. The van der Waals surface area contributed by atoms with Crippen molar-refractivity contribution in [1.29, 1.82) is 0 Å². The maximum absolute atomic E-state index is 10.4. The number of rotatable bonds is 42. The molecular formula is C56H98O16. The fourth-order valence-electron chi connectivity index (χ4n) is 11.1. The minimum absolute atomic E-state index is 0.123. The average Bonchev–Trinajstić information content (AvgIpc) is 4.17. The molecule has 0 amide bonds. The number of ether oxygens (including phenoxy) is 15. The molecule has 0 spiro atoms. The van der Waals surface area contributed by atoms with Crippen LogP contribution in [0.3, 0.4) is 0 Å². The van der Waals surface area contributed by atoms with E-state index in [9.17, 15) is 5.11 Å². The van der Waals surface area contributed by atoms with Crippen LogP contribution in [0.1, 0.15) is 109 Å². The zero-order valence-corrected chi connectivity index (χ0v) is 44.2. The van der Waals surface area contributed by atoms with Gasteiger partial charge in [0, 0.05) is 66.1 Å². The molecule has 1 N–H and O–H groups in total. The first-order valence-corrected chi connectivity index (χ1v) is 29.1. The summed E-state index contributed by atoms with van der Waals surface area (Å²) in [6.45, 7) is 15.5. The average molecular weight is 1030 g/mol. The minimum atomic E-state index is -0.449. The lowest BCUT2D eigenvalue weighted by Gasteiger charge is -2.30. The highest BCUT2D eigenvalue weighted by Gasteiger charge is 2.30. The van der Waals surface area contributed by atoms with E-state index in [-0.39, 0.29) is 25.4 Å². The Morgan fingerprint density at radius 1 is 0.292 bits per heavy atom. The monoisotopic (exact) mass is 1030 g/mol. The first-order valence-electron chi connectivity index (χ1n) is 29.1. The number of epoxide rings is 4. The van der Waals surface area contributed by atoms with E-state index in [1.807, 2.05) is 0 Å². The molecule has 0 radical (unpaired) electrons. The standard InChI is InChI=1S/C56H98O16/c57-20-50(29-59-22-43-6-8-46(9-7-43)26-63-33-54-39-70-54)67-37-52(31-61-25-47-14-16-49(17-15-47)28-65-35-56-41-72-56)68-36-51(30-60-23-45-10-12-48(13-11-45)27-64-34-55-40-71-55)66-19-1-18-58-21-42-2-4-44(5-3-42)24-62-32-53-38-69-53/h42-57H,1-41H2. The van der Waals surface area contributed by atoms with E-state index in [1.54, 1.807) is 0 Å². The summed E-state index contributed by atoms with van der Waals surface area (Å²) in [5.74, 6) is 4.71. The summed E-state index contributed by atoms with van der Waals surface area (Å²) in [6, 6.07) is 0. The van der Waals surface area contributed by atoms with Gasteiger partial charge in [0.25, 0.3) is 0 Å². The first-order chi connectivity index (χ1) is 35.6. The molecule has 4 saturated heterocycles. The molecule has 16 nitrogen and oxygen atoms in total. The van der Waals surface area contributed by atoms with E-state index in [1.165, 1.54) is 38.5 Å². The van der Waals surface area contributed by atoms with Crippen molar-refractivity contribution in [2.24, 2.45) is 47.3 Å². The van der Waals surface area contributed by atoms with Gasteiger partial charge in [0.05, 0.1) is 92.5 Å². The number of hydrogen-bond acceptors (Lipinski definition) is 16. The lowest BCUT2D eigenvalue weighted by atomic mass is 9.83. The first kappa shape index (κ1) is 57.5. The number of aliphatic hydroxyl groups excluding tert-OH is 1. The summed E-state index contributed by atoms with van der Waals surface area (Å²) in [6.07, 6.45) is 19.8. The predicted octanol–water partition coefficient (Wildman–Crippen LogP) is 6.48. The Hall–Kier alpha value is -0.640. The summed E-state index contributed by atoms with van der Waals surface area (Å²) < 4.78 is 89.6. The third-order valence-corrected chi connectivity index (χ3v) is 16.5. The molecule has 418 valence electrons. The summed E-state index contributed by atoms with van der Waals surface area (Å²) in [5.41, 5.74) is 0. The van der Waals surface area contributed by atoms with E-state index >= 15 is 0 Å². The predicted molar refractivity (Wildman–Crippen MR) is 268 cm³/mol. The van der Waals surface area contributed by atoms with Crippen LogP contribution in [0.15, 0.2) is 0 Å². The Morgan fingerprint density at radius 2 is 0.556 bits per heavy atom. The zero-order valence-electron chi connectivity index (χ0n) is 44.2. The number of aliphatic hydroxyl groups is 1. The van der Waals surface area contributed by atoms with Gasteiger partial charge in [-0.2, -0.15) is 0 Å². The molecule has 72 heavy (non-hydrogen) atoms. The molecular weight excluding hydrogens is 929 g/mol. The molecule has 0 aromatic carbocycles. The number of hydrogen-bond donors (Lipinski definition) is 1. The van der Waals surface area contributed by atoms with Gasteiger partial charge >= 0.3 is 0 Å². The van der Waals surface area contributed by atoms with E-state index in [0.717, 1.165) is 163 Å². The lowest BCUT2D eigenvalue weighted by Crippen LogP contribution is -2.36. The molecule has 4 saturated carbocycles. The molecule has 4 aliphatic heterocycles. The SMILES string of the molecule is OCC(COCC1CCC(COCC2CO2)CC1)OCC(COCC1CCC(COCC2CO2)CC1)OCC(COCC1CCC(COCC2CO2)CC1)OCCCOCC1CCC(COCC2CO2)CC1. The van der Waals surface area contributed by atoms with Crippen LogP contribution in [0.4, 0.5) is 0 Å². The topological polar surface area (TPSA) is 172 Å². The molecule has 7 atom stereocenters. The van der Waals surface area contributed by atoms with Crippen LogP contribution in [0.25, 0.3) is 0 Å². The highest BCUT2D eigenvalue weighted by molar-refractivity contribution is 4.78. The van der Waals surface area contributed by atoms with Crippen molar-refractivity contribution in [3.05, 3.63) is 0 Å². The van der Waals surface area contributed by atoms with Gasteiger partial charge in [0.2, 0.25) is 0 Å². The Morgan fingerprint density at radius 3 is 0.861 bits per heavy atom. The third kappa shape index (κ3) is 24.8. The van der Waals surface area contributed by atoms with Gasteiger partial charge < -0.3 is 76.2 Å². The molecule has 16 heteroatoms. The fourth-order valence-corrected chi connectivity index (χ4v) is 11.1. The molecule has 8 rings (SSSR count). The second kappa shape index (κ2) is 33.6. The van der Waals surface area contributed by atoms with Gasteiger partial charge in [0.1, 0.15) is 42.7 Å². The summed E-state index contributed by atoms with van der Waals surface area (Å²) in [7, 11) is 0. The van der Waals surface area contributed by atoms with Crippen molar-refractivity contribution in [1.82, 2.24) is 0 Å². The Bertz CT molecular complexity index is 1350. The van der Waals surface area contributed by atoms with Crippen molar-refractivity contribution in [2.75, 3.05) is 159 Å². The molecule has 0 aromatic rings. The maximum atomic E-state index is 10.4. The summed E-state index contributed by atoms with van der Waals surface area (Å²) >= 11 is 0. The van der Waals surface area contributed by atoms with Gasteiger partial charge in [0.15, 0.2) is 0 Å². The molecule has 7 unspecified atom stereocenters. The van der Waals surface area contributed by atoms with Crippen molar-refractivity contribution >= 4 is 0 Å². The molecule has 8 aliphatic rings. The Kier molecular flexibility index (Phi) is 26.9. The van der Waals surface area contributed by atoms with Crippen LogP contribution in [-0.2, 0) is 71.1 Å². The van der Waals surface area contributed by atoms with E-state index < -0.39 is 6.10 Å². The van der Waals surface area contributed by atoms with Crippen LogP contribution in [-0.4, -0.2) is 206 Å². The quantitative estimate of drug-likeness (QED) is 0.0520. The molecule has 4 aliphatic carbocycles. The van der Waals surface area contributed by atoms with Gasteiger partial charge in [-0.15, -0.1) is 0 Å². The summed E-state index contributed by atoms with van der Waals surface area (Å²) in [5, 5.41) is 10.4.